The Morgan fingerprint density at radius 2 is 1.23 bits per heavy atom. The van der Waals surface area contributed by atoms with Gasteiger partial charge in [-0.15, -0.1) is 0 Å². The van der Waals surface area contributed by atoms with Gasteiger partial charge in [0, 0.05) is 0 Å². The maximum Gasteiger partial charge on any atom is 0.0585 e. The Morgan fingerprint density at radius 1 is 0.846 bits per heavy atom. The molecule has 0 unspecified atom stereocenters. The maximum absolute atomic E-state index is 5.99. The highest BCUT2D eigenvalue weighted by Crippen LogP contribution is 2.42. The Kier molecular flexibility index (Phi) is 3.44. The molecule has 76 valence electrons. The first-order valence-corrected chi connectivity index (χ1v) is 8.27. The van der Waals surface area contributed by atoms with Crippen LogP contribution in [0.2, 0.25) is 11.1 Å². The molecule has 0 saturated heterocycles. The van der Waals surface area contributed by atoms with Crippen LogP contribution >= 0.6 is 0 Å². The molecular weight excluding hydrogens is 174 g/mol. The fraction of sp³-hybridized carbons (Fsp3) is 1.00. The third-order valence-corrected chi connectivity index (χ3v) is 8.58. The average molecular weight is 197 g/mol. The standard InChI is InChI=1S/C11H23NSi/c12-9-13(10-5-1-2-6-10)11-7-3-4-8-11/h10-11,13H,1-9,12H2. The van der Waals surface area contributed by atoms with Crippen LogP contribution in [0.5, 0.6) is 0 Å². The normalized spacial score (nSPS) is 26.3. The van der Waals surface area contributed by atoms with E-state index in [1.165, 1.54) is 51.4 Å². The molecule has 2 rings (SSSR count). The Bertz CT molecular complexity index is 132. The van der Waals surface area contributed by atoms with E-state index in [1.807, 2.05) is 0 Å². The molecule has 1 nitrogen and oxygen atoms in total. The van der Waals surface area contributed by atoms with Gasteiger partial charge in [0.05, 0.1) is 8.80 Å². The molecule has 2 aliphatic carbocycles. The zero-order chi connectivity index (χ0) is 9.10. The van der Waals surface area contributed by atoms with Crippen LogP contribution in [0.15, 0.2) is 0 Å². The minimum absolute atomic E-state index is 0.540. The summed E-state index contributed by atoms with van der Waals surface area (Å²) >= 11 is 0. The van der Waals surface area contributed by atoms with Gasteiger partial charge < -0.3 is 5.73 Å². The molecule has 0 radical (unpaired) electrons. The molecule has 2 N–H and O–H groups in total. The van der Waals surface area contributed by atoms with Crippen molar-refractivity contribution in [3.8, 4) is 0 Å². The van der Waals surface area contributed by atoms with E-state index >= 15 is 0 Å². The lowest BCUT2D eigenvalue weighted by Gasteiger charge is -2.26. The molecule has 2 fully saturated rings. The molecule has 0 spiro atoms. The lowest BCUT2D eigenvalue weighted by molar-refractivity contribution is 0.765. The van der Waals surface area contributed by atoms with Gasteiger partial charge in [-0.2, -0.15) is 0 Å². The highest BCUT2D eigenvalue weighted by Gasteiger charge is 2.32. The van der Waals surface area contributed by atoms with Gasteiger partial charge >= 0.3 is 0 Å². The summed E-state index contributed by atoms with van der Waals surface area (Å²) in [7, 11) is -0.540. The van der Waals surface area contributed by atoms with E-state index < -0.39 is 8.80 Å². The van der Waals surface area contributed by atoms with Crippen LogP contribution in [0.4, 0.5) is 0 Å². The van der Waals surface area contributed by atoms with E-state index in [0.717, 1.165) is 17.3 Å². The molecule has 13 heavy (non-hydrogen) atoms. The third kappa shape index (κ3) is 2.16. The number of nitrogens with two attached hydrogens (primary N) is 1. The lowest BCUT2D eigenvalue weighted by Crippen LogP contribution is -2.33. The summed E-state index contributed by atoms with van der Waals surface area (Å²) in [6.07, 6.45) is 13.2. The summed E-state index contributed by atoms with van der Waals surface area (Å²) in [5.41, 5.74) is 8.26. The van der Waals surface area contributed by atoms with Crippen LogP contribution in [-0.2, 0) is 0 Å². The van der Waals surface area contributed by atoms with Crippen LogP contribution in [0, 0.1) is 0 Å². The van der Waals surface area contributed by atoms with Crippen molar-refractivity contribution in [2.24, 2.45) is 5.73 Å². The Morgan fingerprint density at radius 3 is 1.54 bits per heavy atom. The second-order valence-corrected chi connectivity index (χ2v) is 8.67. The average Bonchev–Trinajstić information content (AvgIpc) is 2.76. The van der Waals surface area contributed by atoms with Crippen molar-refractivity contribution >= 4 is 8.80 Å². The minimum Gasteiger partial charge on any atom is -0.333 e. The van der Waals surface area contributed by atoms with Crippen LogP contribution in [0.25, 0.3) is 0 Å². The van der Waals surface area contributed by atoms with E-state index in [1.54, 1.807) is 0 Å². The highest BCUT2D eigenvalue weighted by molar-refractivity contribution is 6.62. The molecule has 0 aromatic carbocycles. The van der Waals surface area contributed by atoms with Gasteiger partial charge in [0.25, 0.3) is 0 Å². The molecule has 0 bridgehead atoms. The summed E-state index contributed by atoms with van der Waals surface area (Å²) in [5.74, 6) is 0. The summed E-state index contributed by atoms with van der Waals surface area (Å²) < 4.78 is 0. The fourth-order valence-corrected chi connectivity index (χ4v) is 7.74. The molecule has 2 heteroatoms. The van der Waals surface area contributed by atoms with Gasteiger partial charge in [-0.05, 0) is 17.3 Å². The Balaban J connectivity index is 1.90. The van der Waals surface area contributed by atoms with Gasteiger partial charge in [-0.25, -0.2) is 0 Å². The van der Waals surface area contributed by atoms with Crippen molar-refractivity contribution in [3.05, 3.63) is 0 Å². The largest absolute Gasteiger partial charge is 0.333 e. The van der Waals surface area contributed by atoms with Gasteiger partial charge in [-0.1, -0.05) is 51.4 Å². The summed E-state index contributed by atoms with van der Waals surface area (Å²) in [4.78, 5) is 0. The molecule has 0 heterocycles. The van der Waals surface area contributed by atoms with E-state index in [2.05, 4.69) is 0 Å². The first kappa shape index (κ1) is 9.72. The topological polar surface area (TPSA) is 26.0 Å². The Labute approximate surface area is 83.7 Å². The Hall–Kier alpha value is 0.177. The van der Waals surface area contributed by atoms with Gasteiger partial charge in [0.15, 0.2) is 0 Å². The first-order chi connectivity index (χ1) is 6.42. The van der Waals surface area contributed by atoms with E-state index in [9.17, 15) is 0 Å². The molecular formula is C11H23NSi. The molecule has 0 atom stereocenters. The summed E-state index contributed by atoms with van der Waals surface area (Å²) in [6.45, 7) is 0. The number of rotatable bonds is 3. The SMILES string of the molecule is NC[SiH](C1CCCC1)C1CCCC1. The van der Waals surface area contributed by atoms with Crippen LogP contribution in [0.3, 0.4) is 0 Å². The van der Waals surface area contributed by atoms with E-state index in [0.29, 0.717) is 0 Å². The maximum atomic E-state index is 5.99. The first-order valence-electron chi connectivity index (χ1n) is 6.12. The minimum atomic E-state index is -0.540. The second-order valence-electron chi connectivity index (χ2n) is 4.99. The molecule has 0 aliphatic heterocycles. The van der Waals surface area contributed by atoms with Crippen molar-refractivity contribution in [2.75, 3.05) is 6.17 Å². The zero-order valence-electron chi connectivity index (χ0n) is 8.67. The van der Waals surface area contributed by atoms with Crippen LogP contribution in [-0.4, -0.2) is 15.0 Å². The van der Waals surface area contributed by atoms with Crippen molar-refractivity contribution in [1.82, 2.24) is 0 Å². The van der Waals surface area contributed by atoms with Gasteiger partial charge in [0.2, 0.25) is 0 Å². The lowest BCUT2D eigenvalue weighted by atomic mass is 10.3. The number of hydrogen-bond acceptors (Lipinski definition) is 1. The quantitative estimate of drug-likeness (QED) is 0.692. The highest BCUT2D eigenvalue weighted by atomic mass is 28.3. The number of hydrogen-bond donors (Lipinski definition) is 1. The van der Waals surface area contributed by atoms with Crippen molar-refractivity contribution in [3.63, 3.8) is 0 Å². The predicted octanol–water partition coefficient (Wildman–Crippen LogP) is 2.60. The monoisotopic (exact) mass is 197 g/mol. The van der Waals surface area contributed by atoms with Gasteiger partial charge in [-0.3, -0.25) is 0 Å². The van der Waals surface area contributed by atoms with Crippen molar-refractivity contribution in [1.29, 1.82) is 0 Å². The molecule has 0 amide bonds. The van der Waals surface area contributed by atoms with E-state index in [4.69, 9.17) is 5.73 Å². The predicted molar refractivity (Wildman–Crippen MR) is 60.6 cm³/mol. The smallest absolute Gasteiger partial charge is 0.0585 e. The summed E-state index contributed by atoms with van der Waals surface area (Å²) in [5, 5.41) is 0. The molecule has 2 saturated carbocycles. The summed E-state index contributed by atoms with van der Waals surface area (Å²) in [6, 6.07) is 0. The van der Waals surface area contributed by atoms with Crippen LogP contribution in [0.1, 0.15) is 51.4 Å². The van der Waals surface area contributed by atoms with Gasteiger partial charge in [0.1, 0.15) is 0 Å². The third-order valence-electron chi connectivity index (χ3n) is 4.28. The molecule has 2 aliphatic rings. The molecule has 0 aromatic heterocycles. The van der Waals surface area contributed by atoms with Crippen molar-refractivity contribution in [2.45, 2.75) is 62.4 Å². The second kappa shape index (κ2) is 4.60. The fourth-order valence-electron chi connectivity index (χ4n) is 3.54. The zero-order valence-corrected chi connectivity index (χ0v) is 9.83. The molecule has 0 aromatic rings. The van der Waals surface area contributed by atoms with E-state index in [-0.39, 0.29) is 0 Å². The van der Waals surface area contributed by atoms with Crippen LogP contribution < -0.4 is 5.73 Å². The van der Waals surface area contributed by atoms with Crippen molar-refractivity contribution < 1.29 is 0 Å².